The Morgan fingerprint density at radius 3 is 2.96 bits per heavy atom. The van der Waals surface area contributed by atoms with Gasteiger partial charge in [-0.25, -0.2) is 9.97 Å². The number of nitrogens with zero attached hydrogens (tertiary/aromatic N) is 5. The minimum Gasteiger partial charge on any atom is -0.369 e. The molecule has 3 heterocycles. The molecule has 1 amide bonds. The highest BCUT2D eigenvalue weighted by Gasteiger charge is 2.23. The standard InChI is InChI=1S/C18H29N7O/c1-12(2)16-22-17(14-10-21-24(3)18(14)23-16)20-7-5-9-25-8-4-6-13(11-25)15(19)26/h10,12-13H,4-9,11H2,1-3H3,(H2,19,26)(H,20,22,23)/t13-/m1/s1. The van der Waals surface area contributed by atoms with Gasteiger partial charge in [-0.05, 0) is 32.4 Å². The van der Waals surface area contributed by atoms with Gasteiger partial charge in [-0.2, -0.15) is 5.10 Å². The fraction of sp³-hybridized carbons (Fsp3) is 0.667. The highest BCUT2D eigenvalue weighted by Crippen LogP contribution is 2.22. The highest BCUT2D eigenvalue weighted by molar-refractivity contribution is 5.86. The summed E-state index contributed by atoms with van der Waals surface area (Å²) >= 11 is 0. The second-order valence-corrected chi connectivity index (χ2v) is 7.41. The summed E-state index contributed by atoms with van der Waals surface area (Å²) in [6.45, 7) is 7.78. The number of nitrogens with two attached hydrogens (primary N) is 1. The van der Waals surface area contributed by atoms with E-state index < -0.39 is 0 Å². The average Bonchev–Trinajstić information content (AvgIpc) is 3.00. The Labute approximate surface area is 154 Å². The van der Waals surface area contributed by atoms with Gasteiger partial charge in [0.25, 0.3) is 0 Å². The highest BCUT2D eigenvalue weighted by atomic mass is 16.1. The Bertz CT molecular complexity index is 770. The zero-order chi connectivity index (χ0) is 18.7. The molecule has 1 aliphatic rings. The van der Waals surface area contributed by atoms with Crippen LogP contribution in [-0.4, -0.2) is 56.7 Å². The third kappa shape index (κ3) is 4.12. The number of carbonyl (C=O) groups excluding carboxylic acids is 1. The molecule has 0 spiro atoms. The molecule has 26 heavy (non-hydrogen) atoms. The van der Waals surface area contributed by atoms with E-state index in [2.05, 4.69) is 39.1 Å². The predicted molar refractivity (Wildman–Crippen MR) is 102 cm³/mol. The molecule has 0 unspecified atom stereocenters. The molecule has 2 aromatic rings. The van der Waals surface area contributed by atoms with Gasteiger partial charge < -0.3 is 16.0 Å². The molecule has 8 nitrogen and oxygen atoms in total. The second-order valence-electron chi connectivity index (χ2n) is 7.41. The van der Waals surface area contributed by atoms with Gasteiger partial charge in [0.05, 0.1) is 17.5 Å². The summed E-state index contributed by atoms with van der Waals surface area (Å²) in [4.78, 5) is 23.0. The summed E-state index contributed by atoms with van der Waals surface area (Å²) in [6.07, 6.45) is 4.75. The number of fused-ring (bicyclic) bond motifs is 1. The zero-order valence-corrected chi connectivity index (χ0v) is 15.9. The van der Waals surface area contributed by atoms with Crippen molar-refractivity contribution in [3.8, 4) is 0 Å². The van der Waals surface area contributed by atoms with Crippen molar-refractivity contribution in [1.29, 1.82) is 0 Å². The van der Waals surface area contributed by atoms with Crippen LogP contribution in [0.3, 0.4) is 0 Å². The molecule has 1 atom stereocenters. The first-order chi connectivity index (χ1) is 12.5. The van der Waals surface area contributed by atoms with Gasteiger partial charge >= 0.3 is 0 Å². The summed E-state index contributed by atoms with van der Waals surface area (Å²) in [6, 6.07) is 0. The summed E-state index contributed by atoms with van der Waals surface area (Å²) in [5, 5.41) is 8.70. The van der Waals surface area contributed by atoms with Gasteiger partial charge in [-0.15, -0.1) is 0 Å². The number of anilines is 1. The summed E-state index contributed by atoms with van der Waals surface area (Å²) < 4.78 is 1.78. The van der Waals surface area contributed by atoms with Crippen LogP contribution in [0.5, 0.6) is 0 Å². The van der Waals surface area contributed by atoms with E-state index in [-0.39, 0.29) is 17.7 Å². The molecule has 0 aliphatic carbocycles. The van der Waals surface area contributed by atoms with Gasteiger partial charge in [0.2, 0.25) is 5.91 Å². The predicted octanol–water partition coefficient (Wildman–Crippen LogP) is 1.49. The van der Waals surface area contributed by atoms with Crippen LogP contribution in [0.15, 0.2) is 6.20 Å². The molecule has 0 aromatic carbocycles. The first-order valence-corrected chi connectivity index (χ1v) is 9.41. The first-order valence-electron chi connectivity index (χ1n) is 9.41. The molecule has 0 bridgehead atoms. The number of aryl methyl sites for hydroxylation is 1. The van der Waals surface area contributed by atoms with Crippen LogP contribution in [0.1, 0.15) is 44.9 Å². The zero-order valence-electron chi connectivity index (χ0n) is 15.9. The number of likely N-dealkylation sites (tertiary alicyclic amines) is 1. The molecule has 0 saturated carbocycles. The van der Waals surface area contributed by atoms with E-state index in [1.807, 2.05) is 13.2 Å². The van der Waals surface area contributed by atoms with Crippen molar-refractivity contribution in [2.45, 2.75) is 39.0 Å². The van der Waals surface area contributed by atoms with Crippen molar-refractivity contribution in [2.24, 2.45) is 18.7 Å². The molecule has 0 radical (unpaired) electrons. The first kappa shape index (κ1) is 18.6. The van der Waals surface area contributed by atoms with Crippen LogP contribution >= 0.6 is 0 Å². The van der Waals surface area contributed by atoms with E-state index in [0.717, 1.165) is 68.1 Å². The van der Waals surface area contributed by atoms with Gasteiger partial charge in [-0.1, -0.05) is 13.8 Å². The average molecular weight is 359 g/mol. The Morgan fingerprint density at radius 1 is 1.42 bits per heavy atom. The monoisotopic (exact) mass is 359 g/mol. The SMILES string of the molecule is CC(C)c1nc(NCCCN2CCC[C@@H](C(N)=O)C2)c2cnn(C)c2n1. The molecule has 1 fully saturated rings. The Hall–Kier alpha value is -2.22. The number of aromatic nitrogens is 4. The van der Waals surface area contributed by atoms with Crippen molar-refractivity contribution < 1.29 is 4.79 Å². The van der Waals surface area contributed by atoms with Crippen molar-refractivity contribution >= 4 is 22.8 Å². The van der Waals surface area contributed by atoms with Crippen LogP contribution in [0.4, 0.5) is 5.82 Å². The molecular weight excluding hydrogens is 330 g/mol. The number of amides is 1. The lowest BCUT2D eigenvalue weighted by Crippen LogP contribution is -2.41. The van der Waals surface area contributed by atoms with Crippen molar-refractivity contribution in [1.82, 2.24) is 24.6 Å². The van der Waals surface area contributed by atoms with Gasteiger partial charge in [-0.3, -0.25) is 9.48 Å². The second kappa shape index (κ2) is 7.99. The Kier molecular flexibility index (Phi) is 5.70. The quantitative estimate of drug-likeness (QED) is 0.726. The maximum atomic E-state index is 11.4. The molecule has 8 heteroatoms. The van der Waals surface area contributed by atoms with Gasteiger partial charge in [0.1, 0.15) is 11.6 Å². The summed E-state index contributed by atoms with van der Waals surface area (Å²) in [5.74, 6) is 1.76. The number of rotatable bonds is 7. The van der Waals surface area contributed by atoms with Gasteiger partial charge in [0.15, 0.2) is 5.65 Å². The van der Waals surface area contributed by atoms with Crippen LogP contribution in [0.25, 0.3) is 11.0 Å². The molecular formula is C18H29N7O. The van der Waals surface area contributed by atoms with E-state index in [4.69, 9.17) is 5.73 Å². The van der Waals surface area contributed by atoms with Crippen LogP contribution < -0.4 is 11.1 Å². The van der Waals surface area contributed by atoms with Crippen LogP contribution in [0, 0.1) is 5.92 Å². The lowest BCUT2D eigenvalue weighted by molar-refractivity contribution is -0.123. The number of piperidine rings is 1. The fourth-order valence-electron chi connectivity index (χ4n) is 3.43. The summed E-state index contributed by atoms with van der Waals surface area (Å²) in [5.41, 5.74) is 6.31. The largest absolute Gasteiger partial charge is 0.369 e. The third-order valence-electron chi connectivity index (χ3n) is 4.98. The molecule has 1 aliphatic heterocycles. The third-order valence-corrected chi connectivity index (χ3v) is 4.98. The number of primary amides is 1. The van der Waals surface area contributed by atoms with E-state index in [1.54, 1.807) is 4.68 Å². The van der Waals surface area contributed by atoms with Crippen molar-refractivity contribution in [3.63, 3.8) is 0 Å². The smallest absolute Gasteiger partial charge is 0.221 e. The number of hydrogen-bond donors (Lipinski definition) is 2. The van der Waals surface area contributed by atoms with E-state index in [0.29, 0.717) is 0 Å². The number of nitrogens with one attached hydrogen (secondary N) is 1. The van der Waals surface area contributed by atoms with Crippen molar-refractivity contribution in [3.05, 3.63) is 12.0 Å². The number of carbonyl (C=O) groups is 1. The van der Waals surface area contributed by atoms with Crippen molar-refractivity contribution in [2.75, 3.05) is 31.5 Å². The topological polar surface area (TPSA) is 102 Å². The fourth-order valence-corrected chi connectivity index (χ4v) is 3.43. The lowest BCUT2D eigenvalue weighted by Gasteiger charge is -2.31. The normalized spacial score (nSPS) is 18.5. The molecule has 3 N–H and O–H groups in total. The molecule has 3 rings (SSSR count). The minimum atomic E-state index is -0.172. The van der Waals surface area contributed by atoms with E-state index in [9.17, 15) is 4.79 Å². The maximum absolute atomic E-state index is 11.4. The van der Waals surface area contributed by atoms with E-state index >= 15 is 0 Å². The maximum Gasteiger partial charge on any atom is 0.221 e. The number of hydrogen-bond acceptors (Lipinski definition) is 6. The van der Waals surface area contributed by atoms with Crippen LogP contribution in [0.2, 0.25) is 0 Å². The molecule has 2 aromatic heterocycles. The van der Waals surface area contributed by atoms with Gasteiger partial charge in [0, 0.05) is 26.1 Å². The van der Waals surface area contributed by atoms with Crippen LogP contribution in [-0.2, 0) is 11.8 Å². The van der Waals surface area contributed by atoms with E-state index in [1.165, 1.54) is 0 Å². The lowest BCUT2D eigenvalue weighted by atomic mass is 9.97. The molecule has 142 valence electrons. The minimum absolute atomic E-state index is 0.00203. The Morgan fingerprint density at radius 2 is 2.23 bits per heavy atom. The molecule has 1 saturated heterocycles. The summed E-state index contributed by atoms with van der Waals surface area (Å²) in [7, 11) is 1.90. The Balaban J connectivity index is 1.59.